The Morgan fingerprint density at radius 1 is 0.968 bits per heavy atom. The number of carbonyl (C=O) groups excluding carboxylic acids is 2. The highest BCUT2D eigenvalue weighted by atomic mass is 19.1. The molecule has 6 heteroatoms. The predicted octanol–water partition coefficient (Wildman–Crippen LogP) is 3.04. The largest absolute Gasteiger partial charge is 0.355 e. The number of amides is 2. The smallest absolute Gasteiger partial charge is 0.279 e. The van der Waals surface area contributed by atoms with Crippen LogP contribution in [-0.4, -0.2) is 25.4 Å². The number of halogens is 1. The SMILES string of the molecule is CCc1ccc([C@H]([NH2+]CC(=O)Nc2ccc(C(=O)NC)cc2)c2cccc(F)c2)cc1. The lowest BCUT2D eigenvalue weighted by Gasteiger charge is -2.17. The van der Waals surface area contributed by atoms with Crippen molar-refractivity contribution in [2.75, 3.05) is 18.9 Å². The van der Waals surface area contributed by atoms with E-state index in [2.05, 4.69) is 29.7 Å². The average molecular weight is 421 g/mol. The van der Waals surface area contributed by atoms with Crippen LogP contribution in [0.2, 0.25) is 0 Å². The number of carbonyl (C=O) groups is 2. The first-order valence-corrected chi connectivity index (χ1v) is 10.3. The van der Waals surface area contributed by atoms with Gasteiger partial charge in [-0.05, 0) is 48.4 Å². The molecule has 0 aliphatic carbocycles. The van der Waals surface area contributed by atoms with Gasteiger partial charge in [-0.2, -0.15) is 0 Å². The average Bonchev–Trinajstić information content (AvgIpc) is 2.79. The minimum atomic E-state index is -0.304. The van der Waals surface area contributed by atoms with E-state index in [1.807, 2.05) is 23.5 Å². The Hall–Kier alpha value is -3.51. The molecule has 3 rings (SSSR count). The summed E-state index contributed by atoms with van der Waals surface area (Å²) in [6.45, 7) is 2.25. The van der Waals surface area contributed by atoms with Crippen LogP contribution in [0.1, 0.15) is 40.0 Å². The lowest BCUT2D eigenvalue weighted by Crippen LogP contribution is -2.87. The third-order valence-electron chi connectivity index (χ3n) is 5.15. The molecule has 0 unspecified atom stereocenters. The van der Waals surface area contributed by atoms with Gasteiger partial charge in [0, 0.05) is 29.4 Å². The fourth-order valence-electron chi connectivity index (χ4n) is 3.41. The Balaban J connectivity index is 1.70. The molecule has 0 aromatic heterocycles. The zero-order valence-corrected chi connectivity index (χ0v) is 17.7. The van der Waals surface area contributed by atoms with E-state index in [1.165, 1.54) is 17.7 Å². The molecule has 2 amide bonds. The molecule has 0 saturated carbocycles. The second kappa shape index (κ2) is 10.5. The maximum atomic E-state index is 13.8. The molecule has 31 heavy (non-hydrogen) atoms. The highest BCUT2D eigenvalue weighted by molar-refractivity contribution is 5.95. The predicted molar refractivity (Wildman–Crippen MR) is 119 cm³/mol. The van der Waals surface area contributed by atoms with Crippen molar-refractivity contribution in [3.8, 4) is 0 Å². The number of hydrogen-bond acceptors (Lipinski definition) is 2. The molecule has 0 radical (unpaired) electrons. The zero-order chi connectivity index (χ0) is 22.2. The zero-order valence-electron chi connectivity index (χ0n) is 17.7. The molecule has 0 fully saturated rings. The topological polar surface area (TPSA) is 74.8 Å². The molecule has 160 valence electrons. The van der Waals surface area contributed by atoms with Crippen LogP contribution in [0.4, 0.5) is 10.1 Å². The number of hydrogen-bond donors (Lipinski definition) is 3. The molecular weight excluding hydrogens is 393 g/mol. The monoisotopic (exact) mass is 420 g/mol. The van der Waals surface area contributed by atoms with Gasteiger partial charge in [0.25, 0.3) is 11.8 Å². The first kappa shape index (κ1) is 22.2. The first-order valence-electron chi connectivity index (χ1n) is 10.3. The van der Waals surface area contributed by atoms with Crippen molar-refractivity contribution in [2.24, 2.45) is 0 Å². The van der Waals surface area contributed by atoms with Crippen molar-refractivity contribution >= 4 is 17.5 Å². The van der Waals surface area contributed by atoms with Gasteiger partial charge >= 0.3 is 0 Å². The van der Waals surface area contributed by atoms with Gasteiger partial charge in [0.15, 0.2) is 6.54 Å². The molecule has 0 saturated heterocycles. The second-order valence-electron chi connectivity index (χ2n) is 7.27. The summed E-state index contributed by atoms with van der Waals surface area (Å²) in [5, 5.41) is 7.29. The summed E-state index contributed by atoms with van der Waals surface area (Å²) in [4.78, 5) is 24.2. The Morgan fingerprint density at radius 2 is 1.68 bits per heavy atom. The van der Waals surface area contributed by atoms with Gasteiger partial charge in [-0.3, -0.25) is 9.59 Å². The third kappa shape index (κ3) is 5.99. The number of quaternary nitrogens is 1. The van der Waals surface area contributed by atoms with Crippen LogP contribution in [0.25, 0.3) is 0 Å². The first-order chi connectivity index (χ1) is 15.0. The lowest BCUT2D eigenvalue weighted by molar-refractivity contribution is -0.676. The van der Waals surface area contributed by atoms with Gasteiger partial charge in [0.2, 0.25) is 0 Å². The number of anilines is 1. The van der Waals surface area contributed by atoms with Crippen LogP contribution in [-0.2, 0) is 11.2 Å². The Labute approximate surface area is 181 Å². The van der Waals surface area contributed by atoms with Gasteiger partial charge in [0.05, 0.1) is 0 Å². The quantitative estimate of drug-likeness (QED) is 0.524. The molecule has 0 aliphatic rings. The minimum absolute atomic E-state index is 0.161. The summed E-state index contributed by atoms with van der Waals surface area (Å²) in [7, 11) is 1.57. The standard InChI is InChI=1S/C25H26FN3O2/c1-3-17-7-9-18(10-8-17)24(20-5-4-6-21(26)15-20)28-16-23(30)29-22-13-11-19(12-14-22)25(31)27-2/h4-15,24,28H,3,16H2,1-2H3,(H,27,31)(H,29,30)/p+1/t24-/m0/s1. The van der Waals surface area contributed by atoms with E-state index in [0.717, 1.165) is 17.5 Å². The molecule has 5 nitrogen and oxygen atoms in total. The van der Waals surface area contributed by atoms with Crippen molar-refractivity contribution in [1.29, 1.82) is 0 Å². The molecule has 0 aliphatic heterocycles. The molecule has 0 spiro atoms. The fourth-order valence-corrected chi connectivity index (χ4v) is 3.41. The molecule has 3 aromatic rings. The Morgan fingerprint density at radius 3 is 2.29 bits per heavy atom. The van der Waals surface area contributed by atoms with E-state index in [4.69, 9.17) is 0 Å². The van der Waals surface area contributed by atoms with Gasteiger partial charge < -0.3 is 16.0 Å². The van der Waals surface area contributed by atoms with Crippen molar-refractivity contribution in [3.05, 3.63) is 101 Å². The maximum absolute atomic E-state index is 13.8. The van der Waals surface area contributed by atoms with E-state index in [9.17, 15) is 14.0 Å². The third-order valence-corrected chi connectivity index (χ3v) is 5.15. The highest BCUT2D eigenvalue weighted by Crippen LogP contribution is 2.20. The lowest BCUT2D eigenvalue weighted by atomic mass is 9.97. The summed E-state index contributed by atoms with van der Waals surface area (Å²) in [5.41, 5.74) is 4.16. The Bertz CT molecular complexity index is 1030. The molecular formula is C25H27FN3O2+. The summed E-state index contributed by atoms with van der Waals surface area (Å²) < 4.78 is 13.8. The minimum Gasteiger partial charge on any atom is -0.355 e. The molecule has 0 heterocycles. The summed E-state index contributed by atoms with van der Waals surface area (Å²) >= 11 is 0. The van der Waals surface area contributed by atoms with E-state index in [0.29, 0.717) is 11.3 Å². The number of benzene rings is 3. The van der Waals surface area contributed by atoms with Crippen LogP contribution in [0, 0.1) is 5.82 Å². The molecule has 3 aromatic carbocycles. The van der Waals surface area contributed by atoms with E-state index in [1.54, 1.807) is 37.4 Å². The van der Waals surface area contributed by atoms with Crippen LogP contribution >= 0.6 is 0 Å². The van der Waals surface area contributed by atoms with Crippen LogP contribution in [0.5, 0.6) is 0 Å². The number of aryl methyl sites for hydroxylation is 1. The summed E-state index contributed by atoms with van der Waals surface area (Å²) in [6.07, 6.45) is 0.940. The molecule has 4 N–H and O–H groups in total. The summed E-state index contributed by atoms with van der Waals surface area (Å²) in [6, 6.07) is 21.1. The molecule has 0 bridgehead atoms. The molecule has 1 atom stereocenters. The summed E-state index contributed by atoms with van der Waals surface area (Å²) in [5.74, 6) is -0.667. The van der Waals surface area contributed by atoms with Crippen molar-refractivity contribution in [2.45, 2.75) is 19.4 Å². The van der Waals surface area contributed by atoms with Crippen LogP contribution in [0.15, 0.2) is 72.8 Å². The Kier molecular flexibility index (Phi) is 7.51. The van der Waals surface area contributed by atoms with E-state index < -0.39 is 0 Å². The van der Waals surface area contributed by atoms with Crippen LogP contribution < -0.4 is 16.0 Å². The van der Waals surface area contributed by atoms with Gasteiger partial charge in [-0.25, -0.2) is 4.39 Å². The van der Waals surface area contributed by atoms with Gasteiger partial charge in [-0.15, -0.1) is 0 Å². The van der Waals surface area contributed by atoms with Gasteiger partial charge in [-0.1, -0.05) is 43.3 Å². The second-order valence-corrected chi connectivity index (χ2v) is 7.27. The van der Waals surface area contributed by atoms with E-state index in [-0.39, 0.29) is 30.2 Å². The van der Waals surface area contributed by atoms with Crippen LogP contribution in [0.3, 0.4) is 0 Å². The highest BCUT2D eigenvalue weighted by Gasteiger charge is 2.20. The fraction of sp³-hybridized carbons (Fsp3) is 0.200. The van der Waals surface area contributed by atoms with Crippen molar-refractivity contribution in [3.63, 3.8) is 0 Å². The van der Waals surface area contributed by atoms with E-state index >= 15 is 0 Å². The normalized spacial score (nSPS) is 11.6. The maximum Gasteiger partial charge on any atom is 0.279 e. The van der Waals surface area contributed by atoms with Crippen molar-refractivity contribution < 1.29 is 19.3 Å². The van der Waals surface area contributed by atoms with Crippen molar-refractivity contribution in [1.82, 2.24) is 5.32 Å². The number of nitrogens with one attached hydrogen (secondary N) is 2. The number of rotatable bonds is 8. The number of nitrogens with two attached hydrogens (primary N) is 1. The van der Waals surface area contributed by atoms with Gasteiger partial charge in [0.1, 0.15) is 11.9 Å².